The number of rotatable bonds is 6. The van der Waals surface area contributed by atoms with E-state index in [2.05, 4.69) is 42.2 Å². The van der Waals surface area contributed by atoms with Gasteiger partial charge in [0.2, 0.25) is 0 Å². The van der Waals surface area contributed by atoms with E-state index in [1.165, 1.54) is 0 Å². The van der Waals surface area contributed by atoms with Crippen LogP contribution in [0.5, 0.6) is 0 Å². The van der Waals surface area contributed by atoms with Gasteiger partial charge >= 0.3 is 0 Å². The Morgan fingerprint density at radius 3 is 2.38 bits per heavy atom. The molecule has 0 amide bonds. The molecular weight excluding hydrogens is 363 g/mol. The van der Waals surface area contributed by atoms with Crippen LogP contribution in [0.4, 0.5) is 5.69 Å². The van der Waals surface area contributed by atoms with Gasteiger partial charge in [0.25, 0.3) is 0 Å². The zero-order valence-corrected chi connectivity index (χ0v) is 16.1. The molecule has 2 rings (SSSR count). The van der Waals surface area contributed by atoms with E-state index in [0.717, 1.165) is 28.2 Å². The third-order valence-corrected chi connectivity index (χ3v) is 4.27. The maximum Gasteiger partial charge on any atom is 0.0852 e. The lowest BCUT2D eigenvalue weighted by Crippen LogP contribution is -2.22. The highest BCUT2D eigenvalue weighted by atomic mass is 35.5. The summed E-state index contributed by atoms with van der Waals surface area (Å²) in [7, 11) is 0. The molecule has 0 fully saturated rings. The van der Waals surface area contributed by atoms with Crippen molar-refractivity contribution in [2.45, 2.75) is 13.0 Å². The van der Waals surface area contributed by atoms with Gasteiger partial charge in [-0.3, -0.25) is 0 Å². The Labute approximate surface area is 165 Å². The lowest BCUT2D eigenvalue weighted by atomic mass is 10.1. The van der Waals surface area contributed by atoms with Crippen LogP contribution in [0.1, 0.15) is 18.1 Å². The van der Waals surface area contributed by atoms with Crippen LogP contribution < -0.4 is 10.6 Å². The molecule has 26 heavy (non-hydrogen) atoms. The third-order valence-electron chi connectivity index (χ3n) is 3.53. The molecule has 0 spiro atoms. The topological polar surface area (TPSA) is 24.1 Å². The van der Waals surface area contributed by atoms with Gasteiger partial charge in [-0.15, -0.1) is 0 Å². The van der Waals surface area contributed by atoms with Crippen LogP contribution in [0.25, 0.3) is 5.70 Å². The Kier molecular flexibility index (Phi) is 6.97. The van der Waals surface area contributed by atoms with Gasteiger partial charge in [0.15, 0.2) is 0 Å². The molecular formula is C22H20Cl2N2. The van der Waals surface area contributed by atoms with Crippen LogP contribution in [-0.4, -0.2) is 6.04 Å². The maximum absolute atomic E-state index is 6.00. The van der Waals surface area contributed by atoms with Crippen LogP contribution in [0, 0.1) is 11.8 Å². The minimum Gasteiger partial charge on any atom is -0.372 e. The second kappa shape index (κ2) is 9.20. The average molecular weight is 383 g/mol. The number of hydrogen-bond donors (Lipinski definition) is 2. The van der Waals surface area contributed by atoms with Crippen molar-refractivity contribution in [3.8, 4) is 11.8 Å². The van der Waals surface area contributed by atoms with Crippen molar-refractivity contribution in [3.05, 3.63) is 95.1 Å². The van der Waals surface area contributed by atoms with E-state index in [1.807, 2.05) is 37.3 Å². The molecule has 2 aromatic carbocycles. The van der Waals surface area contributed by atoms with E-state index < -0.39 is 0 Å². The first-order valence-corrected chi connectivity index (χ1v) is 8.75. The lowest BCUT2D eigenvalue weighted by Gasteiger charge is -2.13. The molecule has 0 radical (unpaired) electrons. The van der Waals surface area contributed by atoms with Crippen molar-refractivity contribution in [2.24, 2.45) is 0 Å². The Balaban J connectivity index is 1.98. The Morgan fingerprint density at radius 2 is 1.77 bits per heavy atom. The standard InChI is InChI=1S/C22H20Cl2N2/c1-5-15(2)26-20-11-9-19(10-12-20)17(4)25-16(3)6-7-18-8-13-21(23)22(24)14-18/h5,8-14,16,25-26H,1-2,4H2,3H3. The van der Waals surface area contributed by atoms with Gasteiger partial charge in [-0.05, 0) is 48.9 Å². The minimum absolute atomic E-state index is 0.0738. The Bertz CT molecular complexity index is 887. The Morgan fingerprint density at radius 1 is 1.08 bits per heavy atom. The first-order valence-electron chi connectivity index (χ1n) is 8.00. The summed E-state index contributed by atoms with van der Waals surface area (Å²) in [6.45, 7) is 13.6. The summed E-state index contributed by atoms with van der Waals surface area (Å²) in [6, 6.07) is 13.1. The zero-order valence-electron chi connectivity index (χ0n) is 14.6. The summed E-state index contributed by atoms with van der Waals surface area (Å²) in [5.74, 6) is 6.21. The molecule has 0 aliphatic heterocycles. The van der Waals surface area contributed by atoms with Gasteiger partial charge in [0.05, 0.1) is 16.1 Å². The summed E-state index contributed by atoms with van der Waals surface area (Å²) in [4.78, 5) is 0. The van der Waals surface area contributed by atoms with Crippen molar-refractivity contribution in [3.63, 3.8) is 0 Å². The fourth-order valence-corrected chi connectivity index (χ4v) is 2.44. The summed E-state index contributed by atoms with van der Waals surface area (Å²) in [5.41, 5.74) is 4.30. The summed E-state index contributed by atoms with van der Waals surface area (Å²) < 4.78 is 0. The number of allylic oxidation sites excluding steroid dienone is 1. The second-order valence-corrected chi connectivity index (χ2v) is 6.49. The number of hydrogen-bond acceptors (Lipinski definition) is 2. The molecule has 2 N–H and O–H groups in total. The predicted molar refractivity (Wildman–Crippen MR) is 114 cm³/mol. The third kappa shape index (κ3) is 5.74. The molecule has 0 saturated heterocycles. The smallest absolute Gasteiger partial charge is 0.0852 e. The molecule has 2 nitrogen and oxygen atoms in total. The Hall–Kier alpha value is -2.60. The van der Waals surface area contributed by atoms with E-state index in [1.54, 1.807) is 18.2 Å². The largest absolute Gasteiger partial charge is 0.372 e. The minimum atomic E-state index is -0.0738. The quantitative estimate of drug-likeness (QED) is 0.465. The monoisotopic (exact) mass is 382 g/mol. The van der Waals surface area contributed by atoms with Crippen molar-refractivity contribution in [1.29, 1.82) is 0 Å². The van der Waals surface area contributed by atoms with Crippen molar-refractivity contribution < 1.29 is 0 Å². The maximum atomic E-state index is 6.00. The fraction of sp³-hybridized carbons (Fsp3) is 0.0909. The molecule has 0 aliphatic carbocycles. The van der Waals surface area contributed by atoms with E-state index in [9.17, 15) is 0 Å². The highest BCUT2D eigenvalue weighted by Crippen LogP contribution is 2.22. The molecule has 4 heteroatoms. The van der Waals surface area contributed by atoms with Crippen LogP contribution >= 0.6 is 23.2 Å². The molecule has 0 heterocycles. The lowest BCUT2D eigenvalue weighted by molar-refractivity contribution is 0.811. The van der Waals surface area contributed by atoms with Gasteiger partial charge in [0, 0.05) is 22.6 Å². The number of nitrogens with one attached hydrogen (secondary N) is 2. The molecule has 2 aromatic rings. The molecule has 0 aliphatic rings. The molecule has 1 atom stereocenters. The van der Waals surface area contributed by atoms with Gasteiger partial charge in [0.1, 0.15) is 0 Å². The van der Waals surface area contributed by atoms with Crippen LogP contribution in [0.3, 0.4) is 0 Å². The normalized spacial score (nSPS) is 10.9. The molecule has 0 saturated carbocycles. The summed E-state index contributed by atoms with van der Waals surface area (Å²) >= 11 is 11.9. The summed E-state index contributed by atoms with van der Waals surface area (Å²) in [6.07, 6.45) is 1.67. The molecule has 0 bridgehead atoms. The number of benzene rings is 2. The van der Waals surface area contributed by atoms with Crippen molar-refractivity contribution >= 4 is 34.6 Å². The highest BCUT2D eigenvalue weighted by Gasteiger charge is 2.03. The van der Waals surface area contributed by atoms with E-state index >= 15 is 0 Å². The van der Waals surface area contributed by atoms with E-state index in [-0.39, 0.29) is 6.04 Å². The molecule has 132 valence electrons. The van der Waals surface area contributed by atoms with E-state index in [0.29, 0.717) is 10.0 Å². The van der Waals surface area contributed by atoms with Crippen molar-refractivity contribution in [2.75, 3.05) is 5.32 Å². The SMILES string of the molecule is C=CC(=C)Nc1ccc(C(=C)NC(C)C#Cc2ccc(Cl)c(Cl)c2)cc1. The number of halogens is 2. The van der Waals surface area contributed by atoms with Gasteiger partial charge < -0.3 is 10.6 Å². The van der Waals surface area contributed by atoms with Crippen molar-refractivity contribution in [1.82, 2.24) is 5.32 Å². The zero-order chi connectivity index (χ0) is 19.1. The van der Waals surface area contributed by atoms with Crippen LogP contribution in [-0.2, 0) is 0 Å². The fourth-order valence-electron chi connectivity index (χ4n) is 2.14. The van der Waals surface area contributed by atoms with Gasteiger partial charge in [-0.25, -0.2) is 0 Å². The second-order valence-electron chi connectivity index (χ2n) is 5.67. The first kappa shape index (κ1) is 19.7. The molecule has 1 unspecified atom stereocenters. The predicted octanol–water partition coefficient (Wildman–Crippen LogP) is 6.11. The molecule has 0 aromatic heterocycles. The highest BCUT2D eigenvalue weighted by molar-refractivity contribution is 6.42. The van der Waals surface area contributed by atoms with E-state index in [4.69, 9.17) is 23.2 Å². The number of anilines is 1. The summed E-state index contributed by atoms with van der Waals surface area (Å²) in [5, 5.41) is 7.44. The van der Waals surface area contributed by atoms with Gasteiger partial charge in [-0.1, -0.05) is 66.9 Å². The van der Waals surface area contributed by atoms with Gasteiger partial charge in [-0.2, -0.15) is 0 Å². The average Bonchev–Trinajstić information content (AvgIpc) is 2.63. The first-order chi connectivity index (χ1) is 12.4. The van der Waals surface area contributed by atoms with Crippen LogP contribution in [0.15, 0.2) is 74.0 Å². The van der Waals surface area contributed by atoms with Crippen LogP contribution in [0.2, 0.25) is 10.0 Å².